The zero-order valence-electron chi connectivity index (χ0n) is 16.6. The number of anilines is 2. The van der Waals surface area contributed by atoms with Gasteiger partial charge in [-0.15, -0.1) is 0 Å². The topological polar surface area (TPSA) is 69.0 Å². The number of benzene rings is 2. The van der Waals surface area contributed by atoms with Crippen molar-refractivity contribution in [3.63, 3.8) is 0 Å². The summed E-state index contributed by atoms with van der Waals surface area (Å²) in [5.41, 5.74) is 2.96. The van der Waals surface area contributed by atoms with Gasteiger partial charge in [0.05, 0.1) is 18.4 Å². The molecule has 0 saturated carbocycles. The van der Waals surface area contributed by atoms with E-state index in [0.29, 0.717) is 23.4 Å². The van der Waals surface area contributed by atoms with E-state index in [1.54, 1.807) is 29.4 Å². The Bertz CT molecular complexity index is 996. The van der Waals surface area contributed by atoms with Crippen molar-refractivity contribution < 1.29 is 14.3 Å². The second-order valence-corrected chi connectivity index (χ2v) is 7.02. The fraction of sp³-hybridized carbons (Fsp3) is 0.261. The van der Waals surface area contributed by atoms with Gasteiger partial charge >= 0.3 is 0 Å². The first kappa shape index (κ1) is 18.9. The lowest BCUT2D eigenvalue weighted by atomic mass is 10.0. The fourth-order valence-electron chi connectivity index (χ4n) is 3.82. The first-order chi connectivity index (χ1) is 14.1. The molecule has 150 valence electrons. The number of hydrogen-bond donors (Lipinski definition) is 2. The van der Waals surface area contributed by atoms with Gasteiger partial charge in [-0.1, -0.05) is 12.1 Å². The summed E-state index contributed by atoms with van der Waals surface area (Å²) in [5.74, 6) is 0.736. The summed E-state index contributed by atoms with van der Waals surface area (Å²) in [7, 11) is 0. The maximum Gasteiger partial charge on any atom is 0.258 e. The number of nitrogens with zero attached hydrogens (tertiary/aromatic N) is 2. The normalized spacial score (nSPS) is 15.7. The molecule has 2 N–H and O–H groups in total. The molecule has 2 aromatic carbocycles. The molecule has 0 saturated heterocycles. The minimum atomic E-state index is -0.506. The molecule has 2 heterocycles. The third-order valence-electron chi connectivity index (χ3n) is 5.37. The Hall–Kier alpha value is -3.41. The second-order valence-electron chi connectivity index (χ2n) is 7.02. The summed E-state index contributed by atoms with van der Waals surface area (Å²) < 4.78 is 5.48. The van der Waals surface area contributed by atoms with E-state index in [2.05, 4.69) is 24.1 Å². The van der Waals surface area contributed by atoms with Gasteiger partial charge in [0.2, 0.25) is 0 Å². The first-order valence-electron chi connectivity index (χ1n) is 9.89. The Morgan fingerprint density at radius 1 is 1.10 bits per heavy atom. The number of carbonyl (C=O) groups is 1. The van der Waals surface area contributed by atoms with E-state index >= 15 is 0 Å². The molecular formula is C23H25N3O3. The molecule has 1 aliphatic rings. The zero-order valence-corrected chi connectivity index (χ0v) is 16.6. The molecule has 0 aliphatic carbocycles. The van der Waals surface area contributed by atoms with E-state index in [4.69, 9.17) is 4.42 Å². The van der Waals surface area contributed by atoms with Crippen LogP contribution in [-0.4, -0.2) is 29.0 Å². The molecule has 4 rings (SSSR count). The van der Waals surface area contributed by atoms with Gasteiger partial charge < -0.3 is 24.6 Å². The van der Waals surface area contributed by atoms with Crippen LogP contribution in [0.15, 0.2) is 65.3 Å². The van der Waals surface area contributed by atoms with Crippen LogP contribution in [-0.2, 0) is 6.54 Å². The van der Waals surface area contributed by atoms with Gasteiger partial charge in [-0.3, -0.25) is 4.79 Å². The van der Waals surface area contributed by atoms with Crippen LogP contribution in [0.4, 0.5) is 11.4 Å². The Labute approximate surface area is 170 Å². The lowest BCUT2D eigenvalue weighted by molar-refractivity contribution is 0.0649. The van der Waals surface area contributed by atoms with Crippen LogP contribution in [0.5, 0.6) is 5.75 Å². The molecular weight excluding hydrogens is 366 g/mol. The largest absolute Gasteiger partial charge is 0.507 e. The van der Waals surface area contributed by atoms with Crippen molar-refractivity contribution in [2.24, 2.45) is 0 Å². The van der Waals surface area contributed by atoms with E-state index in [0.717, 1.165) is 24.5 Å². The van der Waals surface area contributed by atoms with Crippen molar-refractivity contribution in [2.75, 3.05) is 23.3 Å². The molecule has 6 nitrogen and oxygen atoms in total. The third-order valence-corrected chi connectivity index (χ3v) is 5.37. The molecule has 1 aromatic heterocycles. The number of furan rings is 1. The van der Waals surface area contributed by atoms with E-state index in [1.807, 2.05) is 36.4 Å². The van der Waals surface area contributed by atoms with Crippen molar-refractivity contribution >= 4 is 17.3 Å². The minimum Gasteiger partial charge on any atom is -0.507 e. The molecule has 0 unspecified atom stereocenters. The number of rotatable bonds is 6. The average Bonchev–Trinajstić information content (AvgIpc) is 3.24. The maximum absolute atomic E-state index is 13.3. The molecule has 6 heteroatoms. The van der Waals surface area contributed by atoms with Crippen molar-refractivity contribution in [3.8, 4) is 5.75 Å². The quantitative estimate of drug-likeness (QED) is 0.643. The van der Waals surface area contributed by atoms with Gasteiger partial charge in [0.15, 0.2) is 0 Å². The highest BCUT2D eigenvalue weighted by Crippen LogP contribution is 2.38. The highest BCUT2D eigenvalue weighted by atomic mass is 16.3. The van der Waals surface area contributed by atoms with Gasteiger partial charge in [-0.25, -0.2) is 0 Å². The number of amides is 1. The van der Waals surface area contributed by atoms with Crippen molar-refractivity contribution in [1.29, 1.82) is 0 Å². The van der Waals surface area contributed by atoms with Gasteiger partial charge in [0, 0.05) is 36.1 Å². The predicted molar refractivity (Wildman–Crippen MR) is 113 cm³/mol. The summed E-state index contributed by atoms with van der Waals surface area (Å²) >= 11 is 0. The van der Waals surface area contributed by atoms with Crippen LogP contribution in [0.3, 0.4) is 0 Å². The van der Waals surface area contributed by atoms with Crippen molar-refractivity contribution in [2.45, 2.75) is 26.6 Å². The highest BCUT2D eigenvalue weighted by Gasteiger charge is 2.34. The Balaban J connectivity index is 1.74. The third kappa shape index (κ3) is 3.53. The standard InChI is InChI=1S/C23H25N3O3/c1-3-25(4-2)16-11-12-19(21(27)14-16)22-24-20-10-6-5-9-18(20)23(28)26(22)15-17-8-7-13-29-17/h5-14,22,24,27H,3-4,15H2,1-2H3/t22-/m1/s1. The summed E-state index contributed by atoms with van der Waals surface area (Å²) in [5, 5.41) is 14.2. The van der Waals surface area contributed by atoms with Crippen LogP contribution < -0.4 is 10.2 Å². The Kier molecular flexibility index (Phi) is 5.16. The Morgan fingerprint density at radius 3 is 2.59 bits per heavy atom. The number of para-hydroxylation sites is 1. The second kappa shape index (κ2) is 7.91. The number of fused-ring (bicyclic) bond motifs is 1. The van der Waals surface area contributed by atoms with Crippen LogP contribution >= 0.6 is 0 Å². The molecule has 0 fully saturated rings. The van der Waals surface area contributed by atoms with Crippen LogP contribution in [0.1, 0.15) is 41.7 Å². The summed E-state index contributed by atoms with van der Waals surface area (Å²) in [6.45, 7) is 6.17. The highest BCUT2D eigenvalue weighted by molar-refractivity contribution is 6.01. The molecule has 1 aliphatic heterocycles. The Morgan fingerprint density at radius 2 is 1.90 bits per heavy atom. The maximum atomic E-state index is 13.3. The lowest BCUT2D eigenvalue weighted by Gasteiger charge is -2.38. The van der Waals surface area contributed by atoms with E-state index in [9.17, 15) is 9.90 Å². The number of phenols is 1. The number of carbonyl (C=O) groups excluding carboxylic acids is 1. The zero-order chi connectivity index (χ0) is 20.4. The molecule has 3 aromatic rings. The molecule has 0 radical (unpaired) electrons. The fourth-order valence-corrected chi connectivity index (χ4v) is 3.82. The lowest BCUT2D eigenvalue weighted by Crippen LogP contribution is -2.42. The number of aromatic hydroxyl groups is 1. The smallest absolute Gasteiger partial charge is 0.258 e. The molecule has 1 atom stereocenters. The van der Waals surface area contributed by atoms with Gasteiger partial charge in [0.1, 0.15) is 17.7 Å². The monoisotopic (exact) mass is 391 g/mol. The summed E-state index contributed by atoms with van der Waals surface area (Å²) in [6, 6.07) is 16.7. The number of phenolic OH excluding ortho intramolecular Hbond substituents is 1. The van der Waals surface area contributed by atoms with Crippen LogP contribution in [0.25, 0.3) is 0 Å². The van der Waals surface area contributed by atoms with Gasteiger partial charge in [-0.2, -0.15) is 0 Å². The predicted octanol–water partition coefficient (Wildman–Crippen LogP) is 4.60. The van der Waals surface area contributed by atoms with Crippen LogP contribution in [0.2, 0.25) is 0 Å². The number of nitrogens with one attached hydrogen (secondary N) is 1. The van der Waals surface area contributed by atoms with E-state index in [-0.39, 0.29) is 11.7 Å². The van der Waals surface area contributed by atoms with E-state index in [1.165, 1.54) is 0 Å². The molecule has 29 heavy (non-hydrogen) atoms. The summed E-state index contributed by atoms with van der Waals surface area (Å²) in [4.78, 5) is 17.1. The minimum absolute atomic E-state index is 0.104. The van der Waals surface area contributed by atoms with Gasteiger partial charge in [-0.05, 0) is 50.2 Å². The first-order valence-corrected chi connectivity index (χ1v) is 9.89. The number of hydrogen-bond acceptors (Lipinski definition) is 5. The SMILES string of the molecule is CCN(CC)c1ccc([C@@H]2Nc3ccccc3C(=O)N2Cc2ccco2)c(O)c1. The molecule has 0 bridgehead atoms. The molecule has 1 amide bonds. The van der Waals surface area contributed by atoms with Crippen molar-refractivity contribution in [1.82, 2.24) is 4.90 Å². The molecule has 0 spiro atoms. The average molecular weight is 391 g/mol. The van der Waals surface area contributed by atoms with Crippen LogP contribution in [0, 0.1) is 0 Å². The summed E-state index contributed by atoms with van der Waals surface area (Å²) in [6.07, 6.45) is 1.09. The van der Waals surface area contributed by atoms with Gasteiger partial charge in [0.25, 0.3) is 5.91 Å². The van der Waals surface area contributed by atoms with E-state index < -0.39 is 6.17 Å². The van der Waals surface area contributed by atoms with Crippen molar-refractivity contribution in [3.05, 3.63) is 77.7 Å².